The molecule has 0 saturated heterocycles. The van der Waals surface area contributed by atoms with Crippen LogP contribution in [-0.2, 0) is 17.8 Å². The molecule has 2 heterocycles. The molecule has 0 spiro atoms. The first kappa shape index (κ1) is 27.5. The topological polar surface area (TPSA) is 107 Å². The van der Waals surface area contributed by atoms with Crippen molar-refractivity contribution in [1.82, 2.24) is 4.90 Å². The second-order valence-corrected chi connectivity index (χ2v) is 10.9. The molecule has 0 aliphatic carbocycles. The van der Waals surface area contributed by atoms with Crippen LogP contribution in [0, 0.1) is 0 Å². The van der Waals surface area contributed by atoms with Gasteiger partial charge in [-0.25, -0.2) is 4.79 Å². The molecular formula is C31H37NO6. The fourth-order valence-corrected chi connectivity index (χ4v) is 5.32. The van der Waals surface area contributed by atoms with Crippen LogP contribution in [0.3, 0.4) is 0 Å². The molecule has 0 radical (unpaired) electrons. The number of carboxylic acid groups (broad SMARTS) is 1. The molecular weight excluding hydrogens is 482 g/mol. The van der Waals surface area contributed by atoms with Crippen LogP contribution in [-0.4, -0.2) is 43.8 Å². The van der Waals surface area contributed by atoms with Crippen molar-refractivity contribution in [3.63, 3.8) is 0 Å². The van der Waals surface area contributed by atoms with Gasteiger partial charge in [0.2, 0.25) is 0 Å². The maximum atomic E-state index is 13.4. The lowest BCUT2D eigenvalue weighted by atomic mass is 9.84. The van der Waals surface area contributed by atoms with E-state index in [2.05, 4.69) is 32.9 Å². The maximum absolute atomic E-state index is 13.4. The van der Waals surface area contributed by atoms with Crippen molar-refractivity contribution < 1.29 is 29.6 Å². The number of benzene rings is 2. The Bertz CT molecular complexity index is 1280. The highest BCUT2D eigenvalue weighted by atomic mass is 16.5. The van der Waals surface area contributed by atoms with Crippen LogP contribution in [0.5, 0.6) is 11.5 Å². The molecule has 2 aliphatic heterocycles. The summed E-state index contributed by atoms with van der Waals surface area (Å²) in [5.41, 5.74) is 3.38. The number of phenolic OH excluding ortho intramolecular Hbond substituents is 1. The molecule has 2 aromatic carbocycles. The number of hydrogen-bond donors (Lipinski definition) is 3. The molecule has 4 rings (SSSR count). The van der Waals surface area contributed by atoms with E-state index in [1.165, 1.54) is 22.1 Å². The number of carbonyl (C=O) groups excluding carboxylic acids is 1. The molecule has 7 heteroatoms. The summed E-state index contributed by atoms with van der Waals surface area (Å²) in [6.07, 6.45) is 6.96. The molecule has 0 aromatic heterocycles. The van der Waals surface area contributed by atoms with Crippen molar-refractivity contribution in [3.05, 3.63) is 82.0 Å². The van der Waals surface area contributed by atoms with E-state index in [0.717, 1.165) is 12.8 Å². The Morgan fingerprint density at radius 2 is 1.87 bits per heavy atom. The van der Waals surface area contributed by atoms with Crippen molar-refractivity contribution >= 4 is 11.9 Å². The Kier molecular flexibility index (Phi) is 7.97. The number of carbonyl (C=O) groups is 2. The van der Waals surface area contributed by atoms with E-state index in [1.807, 2.05) is 6.92 Å². The number of aliphatic hydroxyl groups excluding tert-OH is 1. The summed E-state index contributed by atoms with van der Waals surface area (Å²) in [4.78, 5) is 26.9. The minimum atomic E-state index is -1.17. The Hall–Kier alpha value is -3.58. The zero-order valence-electron chi connectivity index (χ0n) is 22.5. The molecule has 3 atom stereocenters. The standard InChI is InChI=1S/C31H37NO6/c1-19(2)10-8-11-20(3)12-9-15-31(4)26(34)17-23-25(33)16-22-24(28(23)38-31)18-32(29(22)35)27(30(36)37)21-13-6-5-7-14-21/h5-7,10,12-14,16,26-27,33-34H,8-9,11,15,17-18H2,1-4H3,(H,36,37)/b20-12+/t26-,27-,31-/m0/s1. The summed E-state index contributed by atoms with van der Waals surface area (Å²) < 4.78 is 6.42. The zero-order valence-corrected chi connectivity index (χ0v) is 22.5. The second-order valence-electron chi connectivity index (χ2n) is 10.9. The van der Waals surface area contributed by atoms with Gasteiger partial charge >= 0.3 is 5.97 Å². The van der Waals surface area contributed by atoms with Crippen molar-refractivity contribution in [2.75, 3.05) is 0 Å². The Labute approximate surface area is 224 Å². The Morgan fingerprint density at radius 3 is 2.53 bits per heavy atom. The molecule has 3 N–H and O–H groups in total. The van der Waals surface area contributed by atoms with Crippen LogP contribution < -0.4 is 4.74 Å². The lowest BCUT2D eigenvalue weighted by Crippen LogP contribution is -2.49. The maximum Gasteiger partial charge on any atom is 0.331 e. The van der Waals surface area contributed by atoms with Crippen molar-refractivity contribution in [2.24, 2.45) is 0 Å². The van der Waals surface area contributed by atoms with Gasteiger partial charge in [-0.05, 0) is 65.0 Å². The quantitative estimate of drug-likeness (QED) is 0.367. The highest BCUT2D eigenvalue weighted by molar-refractivity contribution is 6.02. The van der Waals surface area contributed by atoms with Gasteiger partial charge in [-0.15, -0.1) is 0 Å². The van der Waals surface area contributed by atoms with Gasteiger partial charge in [0, 0.05) is 17.5 Å². The SMILES string of the molecule is CC(C)=CCC/C(C)=C/CC[C@]1(C)Oc2c(c(O)cc3c2CN([C@H](C(=O)O)c2ccccc2)C3=O)C[C@@H]1O. The number of rotatable bonds is 9. The number of amides is 1. The van der Waals surface area contributed by atoms with Crippen LogP contribution in [0.2, 0.25) is 0 Å². The third-order valence-electron chi connectivity index (χ3n) is 7.61. The molecule has 38 heavy (non-hydrogen) atoms. The number of carboxylic acids is 1. The number of nitrogens with zero attached hydrogens (tertiary/aromatic N) is 1. The van der Waals surface area contributed by atoms with E-state index in [1.54, 1.807) is 30.3 Å². The van der Waals surface area contributed by atoms with E-state index in [9.17, 15) is 24.9 Å². The third-order valence-corrected chi connectivity index (χ3v) is 7.61. The summed E-state index contributed by atoms with van der Waals surface area (Å²) in [6.45, 7) is 8.17. The number of aromatic hydroxyl groups is 1. The average molecular weight is 520 g/mol. The van der Waals surface area contributed by atoms with Crippen LogP contribution in [0.25, 0.3) is 0 Å². The number of aliphatic carboxylic acids is 1. The molecule has 0 bridgehead atoms. The third kappa shape index (κ3) is 5.48. The van der Waals surface area contributed by atoms with Gasteiger partial charge in [0.25, 0.3) is 5.91 Å². The monoisotopic (exact) mass is 519 g/mol. The van der Waals surface area contributed by atoms with Crippen LogP contribution in [0.15, 0.2) is 59.7 Å². The van der Waals surface area contributed by atoms with E-state index < -0.39 is 29.6 Å². The Balaban J connectivity index is 1.59. The van der Waals surface area contributed by atoms with Crippen molar-refractivity contribution in [2.45, 2.75) is 84.1 Å². The fraction of sp³-hybridized carbons (Fsp3) is 0.419. The number of phenols is 1. The van der Waals surface area contributed by atoms with Gasteiger partial charge in [-0.1, -0.05) is 53.6 Å². The fourth-order valence-electron chi connectivity index (χ4n) is 5.32. The summed E-state index contributed by atoms with van der Waals surface area (Å²) in [5.74, 6) is -1.36. The smallest absolute Gasteiger partial charge is 0.331 e. The second kappa shape index (κ2) is 11.0. The van der Waals surface area contributed by atoms with Gasteiger partial charge in [-0.3, -0.25) is 4.79 Å². The summed E-state index contributed by atoms with van der Waals surface area (Å²) in [6, 6.07) is 8.83. The Morgan fingerprint density at radius 1 is 1.16 bits per heavy atom. The van der Waals surface area contributed by atoms with Gasteiger partial charge in [0.05, 0.1) is 18.2 Å². The number of ether oxygens (including phenoxy) is 1. The zero-order chi connectivity index (χ0) is 27.6. The van der Waals surface area contributed by atoms with Gasteiger partial charge < -0.3 is 25.0 Å². The largest absolute Gasteiger partial charge is 0.508 e. The molecule has 0 unspecified atom stereocenters. The first-order chi connectivity index (χ1) is 18.0. The first-order valence-corrected chi connectivity index (χ1v) is 13.1. The minimum Gasteiger partial charge on any atom is -0.508 e. The van der Waals surface area contributed by atoms with Crippen LogP contribution in [0.4, 0.5) is 0 Å². The van der Waals surface area contributed by atoms with Gasteiger partial charge in [0.1, 0.15) is 17.1 Å². The number of fused-ring (bicyclic) bond motifs is 3. The number of hydrogen-bond acceptors (Lipinski definition) is 5. The van der Waals surface area contributed by atoms with Gasteiger partial charge in [0.15, 0.2) is 6.04 Å². The lowest BCUT2D eigenvalue weighted by molar-refractivity contribution is -0.142. The molecule has 1 amide bonds. The molecule has 2 aromatic rings. The van der Waals surface area contributed by atoms with E-state index in [-0.39, 0.29) is 24.3 Å². The normalized spacial score (nSPS) is 21.4. The van der Waals surface area contributed by atoms with Crippen molar-refractivity contribution in [3.8, 4) is 11.5 Å². The molecule has 0 saturated carbocycles. The molecule has 0 fully saturated rings. The van der Waals surface area contributed by atoms with Crippen LogP contribution in [0.1, 0.15) is 86.5 Å². The average Bonchev–Trinajstić information content (AvgIpc) is 3.16. The van der Waals surface area contributed by atoms with E-state index in [0.29, 0.717) is 35.3 Å². The van der Waals surface area contributed by atoms with Crippen molar-refractivity contribution in [1.29, 1.82) is 0 Å². The number of allylic oxidation sites excluding steroid dienone is 4. The summed E-state index contributed by atoms with van der Waals surface area (Å²) in [5, 5.41) is 31.8. The predicted molar refractivity (Wildman–Crippen MR) is 145 cm³/mol. The van der Waals surface area contributed by atoms with E-state index >= 15 is 0 Å². The van der Waals surface area contributed by atoms with Crippen LogP contribution >= 0.6 is 0 Å². The highest BCUT2D eigenvalue weighted by Crippen LogP contribution is 2.47. The predicted octanol–water partition coefficient (Wildman–Crippen LogP) is 5.70. The molecule has 202 valence electrons. The lowest BCUT2D eigenvalue weighted by Gasteiger charge is -2.41. The number of aliphatic hydroxyl groups is 1. The minimum absolute atomic E-state index is 0.0399. The first-order valence-electron chi connectivity index (χ1n) is 13.1. The van der Waals surface area contributed by atoms with E-state index in [4.69, 9.17) is 4.74 Å². The molecule has 2 aliphatic rings. The highest BCUT2D eigenvalue weighted by Gasteiger charge is 2.46. The summed E-state index contributed by atoms with van der Waals surface area (Å²) in [7, 11) is 0. The summed E-state index contributed by atoms with van der Waals surface area (Å²) >= 11 is 0. The molecule has 7 nitrogen and oxygen atoms in total. The van der Waals surface area contributed by atoms with Gasteiger partial charge in [-0.2, -0.15) is 0 Å².